The van der Waals surface area contributed by atoms with Crippen molar-refractivity contribution < 1.29 is 0 Å². The van der Waals surface area contributed by atoms with E-state index in [0.29, 0.717) is 5.41 Å². The van der Waals surface area contributed by atoms with Gasteiger partial charge in [0.15, 0.2) is 0 Å². The lowest BCUT2D eigenvalue weighted by atomic mass is 10.0. The van der Waals surface area contributed by atoms with Gasteiger partial charge in [0.05, 0.1) is 0 Å². The van der Waals surface area contributed by atoms with Gasteiger partial charge < -0.3 is 0 Å². The van der Waals surface area contributed by atoms with E-state index in [1.807, 2.05) is 0 Å². The van der Waals surface area contributed by atoms with Crippen molar-refractivity contribution in [1.82, 2.24) is 0 Å². The van der Waals surface area contributed by atoms with Gasteiger partial charge >= 0.3 is 0 Å². The fraction of sp³-hybridized carbons (Fsp3) is 0.778. The largest absolute Gasteiger partial charge is 0.0993 e. The summed E-state index contributed by atoms with van der Waals surface area (Å²) in [6, 6.07) is 0. The van der Waals surface area contributed by atoms with Crippen LogP contribution in [0.25, 0.3) is 0 Å². The molecule has 2 fully saturated rings. The quantitative estimate of drug-likeness (QED) is 0.494. The molecule has 1 unspecified atom stereocenters. The highest BCUT2D eigenvalue weighted by molar-refractivity contribution is 5.28. The van der Waals surface area contributed by atoms with Crippen molar-refractivity contribution in [3.63, 3.8) is 0 Å². The van der Waals surface area contributed by atoms with E-state index in [1.165, 1.54) is 31.3 Å². The highest BCUT2D eigenvalue weighted by Gasteiger charge is 2.45. The molecule has 0 bridgehead atoms. The first kappa shape index (κ1) is 5.52. The van der Waals surface area contributed by atoms with E-state index in [-0.39, 0.29) is 0 Å². The zero-order valence-electron chi connectivity index (χ0n) is 6.11. The predicted molar refractivity (Wildman–Crippen MR) is 39.2 cm³/mol. The Balaban J connectivity index is 1.91. The highest BCUT2D eigenvalue weighted by atomic mass is 14.5. The van der Waals surface area contributed by atoms with E-state index in [1.54, 1.807) is 0 Å². The standard InChI is InChI=1S/C9H14/c1-7-5-9(7,2)6-8-3-4-8/h8H,1,3-6H2,2H3. The molecule has 0 radical (unpaired) electrons. The average molecular weight is 122 g/mol. The lowest BCUT2D eigenvalue weighted by Gasteiger charge is -2.03. The molecule has 9 heavy (non-hydrogen) atoms. The van der Waals surface area contributed by atoms with Crippen LogP contribution >= 0.6 is 0 Å². The number of hydrogen-bond donors (Lipinski definition) is 0. The topological polar surface area (TPSA) is 0 Å². The molecule has 1 atom stereocenters. The summed E-state index contributed by atoms with van der Waals surface area (Å²) in [7, 11) is 0. The van der Waals surface area contributed by atoms with Gasteiger partial charge in [0.1, 0.15) is 0 Å². The summed E-state index contributed by atoms with van der Waals surface area (Å²) in [5.41, 5.74) is 2.09. The Labute approximate surface area is 57.0 Å². The molecule has 2 saturated carbocycles. The highest BCUT2D eigenvalue weighted by Crippen LogP contribution is 2.57. The second-order valence-corrected chi connectivity index (χ2v) is 3.99. The van der Waals surface area contributed by atoms with Gasteiger partial charge in [-0.15, -0.1) is 0 Å². The predicted octanol–water partition coefficient (Wildman–Crippen LogP) is 2.75. The van der Waals surface area contributed by atoms with Gasteiger partial charge in [-0.25, -0.2) is 0 Å². The minimum Gasteiger partial charge on any atom is -0.0993 e. The monoisotopic (exact) mass is 122 g/mol. The van der Waals surface area contributed by atoms with Crippen molar-refractivity contribution in [1.29, 1.82) is 0 Å². The van der Waals surface area contributed by atoms with Crippen LogP contribution < -0.4 is 0 Å². The lowest BCUT2D eigenvalue weighted by Crippen LogP contribution is -1.93. The minimum atomic E-state index is 0.598. The Bertz CT molecular complexity index is 153. The third kappa shape index (κ3) is 0.910. The van der Waals surface area contributed by atoms with Crippen LogP contribution in [-0.4, -0.2) is 0 Å². The first-order chi connectivity index (χ1) is 4.21. The number of allylic oxidation sites excluding steroid dienone is 1. The molecule has 2 rings (SSSR count). The first-order valence-electron chi connectivity index (χ1n) is 3.89. The Hall–Kier alpha value is -0.260. The van der Waals surface area contributed by atoms with E-state index in [0.717, 1.165) is 5.92 Å². The average Bonchev–Trinajstić information content (AvgIpc) is 2.56. The normalized spacial score (nSPS) is 41.2. The van der Waals surface area contributed by atoms with Gasteiger partial charge in [-0.2, -0.15) is 0 Å². The molecule has 0 N–H and O–H groups in total. The molecule has 0 nitrogen and oxygen atoms in total. The summed E-state index contributed by atoms with van der Waals surface area (Å²) in [4.78, 5) is 0. The fourth-order valence-electron chi connectivity index (χ4n) is 1.60. The maximum atomic E-state index is 4.00. The number of hydrogen-bond acceptors (Lipinski definition) is 0. The molecule has 2 aliphatic carbocycles. The smallest absolute Gasteiger partial charge is 0.00789 e. The Morgan fingerprint density at radius 3 is 2.56 bits per heavy atom. The lowest BCUT2D eigenvalue weighted by molar-refractivity contribution is 0.503. The van der Waals surface area contributed by atoms with Crippen LogP contribution in [0.3, 0.4) is 0 Å². The van der Waals surface area contributed by atoms with E-state index in [2.05, 4.69) is 13.5 Å². The molecular weight excluding hydrogens is 108 g/mol. The van der Waals surface area contributed by atoms with Crippen LogP contribution in [0.15, 0.2) is 12.2 Å². The Kier molecular flexibility index (Phi) is 0.870. The maximum Gasteiger partial charge on any atom is -0.00789 e. The first-order valence-corrected chi connectivity index (χ1v) is 3.89. The third-order valence-electron chi connectivity index (χ3n) is 2.77. The summed E-state index contributed by atoms with van der Waals surface area (Å²) in [6.45, 7) is 6.36. The molecule has 0 heterocycles. The van der Waals surface area contributed by atoms with Crippen LogP contribution in [0.2, 0.25) is 0 Å². The van der Waals surface area contributed by atoms with Crippen LogP contribution in [-0.2, 0) is 0 Å². The van der Waals surface area contributed by atoms with Crippen LogP contribution in [0.5, 0.6) is 0 Å². The summed E-state index contributed by atoms with van der Waals surface area (Å²) in [5.74, 6) is 1.08. The summed E-state index contributed by atoms with van der Waals surface area (Å²) in [6.07, 6.45) is 5.72. The Morgan fingerprint density at radius 1 is 1.67 bits per heavy atom. The molecule has 0 heteroatoms. The molecule has 0 saturated heterocycles. The molecule has 50 valence electrons. The van der Waals surface area contributed by atoms with Gasteiger partial charge in [0.2, 0.25) is 0 Å². The maximum absolute atomic E-state index is 4.00. The van der Waals surface area contributed by atoms with Crippen molar-refractivity contribution >= 4 is 0 Å². The van der Waals surface area contributed by atoms with Crippen molar-refractivity contribution in [2.45, 2.75) is 32.6 Å². The van der Waals surface area contributed by atoms with Gasteiger partial charge in [-0.05, 0) is 24.2 Å². The van der Waals surface area contributed by atoms with E-state index < -0.39 is 0 Å². The second kappa shape index (κ2) is 1.42. The van der Waals surface area contributed by atoms with Gasteiger partial charge in [0.25, 0.3) is 0 Å². The molecule has 0 aliphatic heterocycles. The van der Waals surface area contributed by atoms with E-state index in [4.69, 9.17) is 0 Å². The zero-order valence-corrected chi connectivity index (χ0v) is 6.11. The molecular formula is C9H14. The van der Waals surface area contributed by atoms with Crippen molar-refractivity contribution in [3.05, 3.63) is 12.2 Å². The van der Waals surface area contributed by atoms with Crippen LogP contribution in [0.1, 0.15) is 32.6 Å². The summed E-state index contributed by atoms with van der Waals surface area (Å²) >= 11 is 0. The van der Waals surface area contributed by atoms with E-state index >= 15 is 0 Å². The van der Waals surface area contributed by atoms with Crippen LogP contribution in [0.4, 0.5) is 0 Å². The third-order valence-corrected chi connectivity index (χ3v) is 2.77. The molecule has 0 spiro atoms. The molecule has 0 aromatic heterocycles. The summed E-state index contributed by atoms with van der Waals surface area (Å²) in [5, 5.41) is 0. The van der Waals surface area contributed by atoms with Gasteiger partial charge in [0, 0.05) is 0 Å². The van der Waals surface area contributed by atoms with Crippen LogP contribution in [0, 0.1) is 11.3 Å². The molecule has 0 amide bonds. The fourth-order valence-corrected chi connectivity index (χ4v) is 1.60. The summed E-state index contributed by atoms with van der Waals surface area (Å²) < 4.78 is 0. The van der Waals surface area contributed by atoms with Crippen molar-refractivity contribution in [2.75, 3.05) is 0 Å². The minimum absolute atomic E-state index is 0.598. The van der Waals surface area contributed by atoms with E-state index in [9.17, 15) is 0 Å². The molecule has 2 aliphatic rings. The van der Waals surface area contributed by atoms with Gasteiger partial charge in [-0.1, -0.05) is 31.9 Å². The Morgan fingerprint density at radius 2 is 2.22 bits per heavy atom. The molecule has 0 aromatic rings. The van der Waals surface area contributed by atoms with Crippen molar-refractivity contribution in [2.24, 2.45) is 11.3 Å². The number of rotatable bonds is 2. The van der Waals surface area contributed by atoms with Crippen molar-refractivity contribution in [3.8, 4) is 0 Å². The molecule has 0 aromatic carbocycles. The second-order valence-electron chi connectivity index (χ2n) is 3.99. The van der Waals surface area contributed by atoms with Gasteiger partial charge in [-0.3, -0.25) is 0 Å². The SMILES string of the molecule is C=C1CC1(C)CC1CC1. The zero-order chi connectivity index (χ0) is 6.48.